The fourth-order valence-corrected chi connectivity index (χ4v) is 1.67. The third kappa shape index (κ3) is 4.77. The summed E-state index contributed by atoms with van der Waals surface area (Å²) in [6, 6.07) is 8.15. The van der Waals surface area contributed by atoms with Gasteiger partial charge in [0, 0.05) is 6.04 Å². The number of alkyl halides is 1. The Hall–Kier alpha value is -1.53. The van der Waals surface area contributed by atoms with Gasteiger partial charge in [-0.3, -0.25) is 4.90 Å². The van der Waals surface area contributed by atoms with E-state index in [2.05, 4.69) is 17.7 Å². The maximum absolute atomic E-state index is 11.9. The topological polar surface area (TPSA) is 12.5 Å². The van der Waals surface area contributed by atoms with Crippen LogP contribution in [0.5, 0.6) is 5.75 Å². The van der Waals surface area contributed by atoms with Gasteiger partial charge in [0.2, 0.25) is 0 Å². The predicted molar refractivity (Wildman–Crippen MR) is 72.5 cm³/mol. The Labute approximate surface area is 109 Å². The van der Waals surface area contributed by atoms with Crippen LogP contribution in [0.25, 0.3) is 0 Å². The Balaban J connectivity index is 2.50. The first-order valence-corrected chi connectivity index (χ1v) is 6.08. The third-order valence-corrected chi connectivity index (χ3v) is 2.89. The summed E-state index contributed by atoms with van der Waals surface area (Å²) in [6.07, 6.45) is 6.22. The van der Waals surface area contributed by atoms with Crippen molar-refractivity contribution in [3.05, 3.63) is 29.8 Å². The minimum Gasteiger partial charge on any atom is -0.491 e. The highest BCUT2D eigenvalue weighted by molar-refractivity contribution is 5.27. The second kappa shape index (κ2) is 7.73. The maximum atomic E-state index is 11.9. The first kappa shape index (κ1) is 14.5. The van der Waals surface area contributed by atoms with Crippen LogP contribution in [0, 0.1) is 12.3 Å². The van der Waals surface area contributed by atoms with E-state index in [0.29, 0.717) is 18.3 Å². The van der Waals surface area contributed by atoms with E-state index >= 15 is 0 Å². The second-order valence-corrected chi connectivity index (χ2v) is 4.35. The summed E-state index contributed by atoms with van der Waals surface area (Å²) in [7, 11) is 2.02. The molecule has 1 atom stereocenters. The van der Waals surface area contributed by atoms with Crippen LogP contribution in [0.4, 0.5) is 4.39 Å². The fourth-order valence-electron chi connectivity index (χ4n) is 1.67. The molecule has 0 aliphatic carbocycles. The molecule has 98 valence electrons. The molecule has 1 aromatic rings. The number of hydrogen-bond acceptors (Lipinski definition) is 2. The van der Waals surface area contributed by atoms with Gasteiger partial charge in [0.05, 0.1) is 6.54 Å². The number of hydrogen-bond donors (Lipinski definition) is 0. The third-order valence-electron chi connectivity index (χ3n) is 2.89. The Morgan fingerprint density at radius 3 is 2.61 bits per heavy atom. The first-order valence-electron chi connectivity index (χ1n) is 6.08. The molecule has 3 heteroatoms. The monoisotopic (exact) mass is 249 g/mol. The van der Waals surface area contributed by atoms with Crippen molar-refractivity contribution < 1.29 is 9.13 Å². The Bertz CT molecular complexity index is 382. The van der Waals surface area contributed by atoms with Crippen molar-refractivity contribution in [3.63, 3.8) is 0 Å². The maximum Gasteiger partial charge on any atom is 0.123 e. The molecule has 0 heterocycles. The average Bonchev–Trinajstić information content (AvgIpc) is 2.38. The summed E-state index contributed by atoms with van der Waals surface area (Å²) in [5, 5.41) is 0. The molecule has 0 amide bonds. The molecule has 0 fully saturated rings. The lowest BCUT2D eigenvalue weighted by molar-refractivity contribution is 0.273. The van der Waals surface area contributed by atoms with Gasteiger partial charge in [-0.25, -0.2) is 4.39 Å². The zero-order chi connectivity index (χ0) is 13.4. The average molecular weight is 249 g/mol. The van der Waals surface area contributed by atoms with Crippen molar-refractivity contribution in [2.75, 3.05) is 26.9 Å². The molecule has 0 bridgehead atoms. The summed E-state index contributed by atoms with van der Waals surface area (Å²) < 4.78 is 17.1. The van der Waals surface area contributed by atoms with E-state index in [-0.39, 0.29) is 6.61 Å². The van der Waals surface area contributed by atoms with Gasteiger partial charge in [0.25, 0.3) is 0 Å². The second-order valence-electron chi connectivity index (χ2n) is 4.35. The number of ether oxygens (including phenoxy) is 1. The summed E-state index contributed by atoms with van der Waals surface area (Å²) >= 11 is 0. The Kier molecular flexibility index (Phi) is 6.24. The number of halogens is 1. The summed E-state index contributed by atoms with van der Waals surface area (Å²) in [4.78, 5) is 2.13. The van der Waals surface area contributed by atoms with Crippen molar-refractivity contribution in [2.45, 2.75) is 19.4 Å². The van der Waals surface area contributed by atoms with Crippen LogP contribution in [-0.4, -0.2) is 37.8 Å². The molecule has 0 aromatic heterocycles. The standard InChI is InChI=1S/C15H20FNO/c1-4-10-17(3)13(2)12-14-5-7-15(8-6-14)18-11-9-16/h1,5-8,13H,9-12H2,2-3H3. The van der Waals surface area contributed by atoms with E-state index in [4.69, 9.17) is 11.2 Å². The minimum atomic E-state index is -0.463. The van der Waals surface area contributed by atoms with Crippen LogP contribution >= 0.6 is 0 Å². The van der Waals surface area contributed by atoms with Gasteiger partial charge in [0.15, 0.2) is 0 Å². The van der Waals surface area contributed by atoms with Crippen molar-refractivity contribution in [1.82, 2.24) is 4.90 Å². The van der Waals surface area contributed by atoms with Crippen molar-refractivity contribution in [3.8, 4) is 18.1 Å². The number of nitrogens with zero attached hydrogens (tertiary/aromatic N) is 1. The van der Waals surface area contributed by atoms with Crippen LogP contribution in [-0.2, 0) is 6.42 Å². The van der Waals surface area contributed by atoms with Crippen LogP contribution in [0.15, 0.2) is 24.3 Å². The van der Waals surface area contributed by atoms with E-state index in [1.807, 2.05) is 31.3 Å². The minimum absolute atomic E-state index is 0.112. The van der Waals surface area contributed by atoms with Crippen LogP contribution in [0.3, 0.4) is 0 Å². The van der Waals surface area contributed by atoms with E-state index < -0.39 is 6.67 Å². The van der Waals surface area contributed by atoms with E-state index in [9.17, 15) is 4.39 Å². The summed E-state index contributed by atoms with van der Waals surface area (Å²) in [5.74, 6) is 3.35. The zero-order valence-electron chi connectivity index (χ0n) is 11.0. The molecule has 0 spiro atoms. The van der Waals surface area contributed by atoms with Crippen molar-refractivity contribution >= 4 is 0 Å². The molecule has 0 radical (unpaired) electrons. The van der Waals surface area contributed by atoms with Crippen molar-refractivity contribution in [2.24, 2.45) is 0 Å². The normalized spacial score (nSPS) is 12.2. The van der Waals surface area contributed by atoms with Gasteiger partial charge in [-0.15, -0.1) is 6.42 Å². The summed E-state index contributed by atoms with van der Waals surface area (Å²) in [5.41, 5.74) is 1.22. The Morgan fingerprint density at radius 1 is 1.39 bits per heavy atom. The molecular weight excluding hydrogens is 229 g/mol. The SMILES string of the molecule is C#CCN(C)C(C)Cc1ccc(OCCF)cc1. The van der Waals surface area contributed by atoms with Gasteiger partial charge in [-0.1, -0.05) is 18.1 Å². The van der Waals surface area contributed by atoms with E-state index in [0.717, 1.165) is 6.42 Å². The molecule has 0 saturated heterocycles. The van der Waals surface area contributed by atoms with Gasteiger partial charge < -0.3 is 4.74 Å². The molecule has 1 unspecified atom stereocenters. The molecule has 0 N–H and O–H groups in total. The van der Waals surface area contributed by atoms with Gasteiger partial charge in [-0.05, 0) is 38.1 Å². The van der Waals surface area contributed by atoms with E-state index in [1.54, 1.807) is 0 Å². The van der Waals surface area contributed by atoms with Gasteiger partial charge in [0.1, 0.15) is 19.0 Å². The van der Waals surface area contributed by atoms with Crippen LogP contribution in [0.1, 0.15) is 12.5 Å². The molecule has 0 aliphatic rings. The van der Waals surface area contributed by atoms with Crippen LogP contribution < -0.4 is 4.74 Å². The largest absolute Gasteiger partial charge is 0.491 e. The quantitative estimate of drug-likeness (QED) is 0.689. The first-order chi connectivity index (χ1) is 8.67. The molecule has 1 rings (SSSR count). The van der Waals surface area contributed by atoms with Crippen LogP contribution in [0.2, 0.25) is 0 Å². The molecule has 2 nitrogen and oxygen atoms in total. The number of likely N-dealkylation sites (N-methyl/N-ethyl adjacent to an activating group) is 1. The molecular formula is C15H20FNO. The number of benzene rings is 1. The highest BCUT2D eigenvalue weighted by Gasteiger charge is 2.08. The van der Waals surface area contributed by atoms with Gasteiger partial charge >= 0.3 is 0 Å². The number of terminal acetylenes is 1. The lowest BCUT2D eigenvalue weighted by Crippen LogP contribution is -2.31. The van der Waals surface area contributed by atoms with Gasteiger partial charge in [-0.2, -0.15) is 0 Å². The smallest absolute Gasteiger partial charge is 0.123 e. The lowest BCUT2D eigenvalue weighted by Gasteiger charge is -2.22. The highest BCUT2D eigenvalue weighted by Crippen LogP contribution is 2.14. The zero-order valence-corrected chi connectivity index (χ0v) is 11.0. The van der Waals surface area contributed by atoms with Crippen molar-refractivity contribution in [1.29, 1.82) is 0 Å². The Morgan fingerprint density at radius 2 is 2.06 bits per heavy atom. The van der Waals surface area contributed by atoms with E-state index in [1.165, 1.54) is 5.56 Å². The molecule has 0 aliphatic heterocycles. The predicted octanol–water partition coefficient (Wildman–Crippen LogP) is 2.53. The highest BCUT2D eigenvalue weighted by atomic mass is 19.1. The fraction of sp³-hybridized carbons (Fsp3) is 0.467. The summed E-state index contributed by atoms with van der Waals surface area (Å²) in [6.45, 7) is 2.44. The molecule has 1 aromatic carbocycles. The lowest BCUT2D eigenvalue weighted by atomic mass is 10.1. The molecule has 18 heavy (non-hydrogen) atoms. The number of rotatable bonds is 7. The molecule has 0 saturated carbocycles.